The number of hydrogen-bond donors (Lipinski definition) is 3. The average molecular weight is 395 g/mol. The Balaban J connectivity index is 1.57. The number of aromatic nitrogens is 1. The Hall–Kier alpha value is -3.95. The first-order chi connectivity index (χ1) is 13.9. The highest BCUT2D eigenvalue weighted by Crippen LogP contribution is 2.22. The minimum Gasteiger partial charge on any atom is -0.439 e. The monoisotopic (exact) mass is 395 g/mol. The predicted molar refractivity (Wildman–Crippen MR) is 108 cm³/mol. The highest BCUT2D eigenvalue weighted by Gasteiger charge is 2.20. The van der Waals surface area contributed by atoms with Gasteiger partial charge in [0, 0.05) is 17.8 Å². The molecule has 4 amide bonds. The molecule has 2 heterocycles. The fraction of sp³-hybridized carbons (Fsp3) is 0.211. The van der Waals surface area contributed by atoms with E-state index >= 15 is 0 Å². The number of rotatable bonds is 5. The van der Waals surface area contributed by atoms with Crippen LogP contribution in [0.2, 0.25) is 0 Å². The van der Waals surface area contributed by atoms with Crippen molar-refractivity contribution in [3.8, 4) is 11.6 Å². The summed E-state index contributed by atoms with van der Waals surface area (Å²) in [5.41, 5.74) is 9.93. The maximum Gasteiger partial charge on any atom is 0.356 e. The van der Waals surface area contributed by atoms with E-state index in [0.29, 0.717) is 22.9 Å². The van der Waals surface area contributed by atoms with Gasteiger partial charge in [-0.2, -0.15) is 10.2 Å². The van der Waals surface area contributed by atoms with Crippen LogP contribution in [0.5, 0.6) is 11.6 Å². The minimum atomic E-state index is -0.651. The molecule has 10 heteroatoms. The number of carbonyl (C=O) groups excluding carboxylic acids is 2. The average Bonchev–Trinajstić information content (AvgIpc) is 2.71. The number of benzene rings is 1. The van der Waals surface area contributed by atoms with E-state index in [4.69, 9.17) is 4.74 Å². The van der Waals surface area contributed by atoms with Crippen LogP contribution in [0.1, 0.15) is 25.0 Å². The van der Waals surface area contributed by atoms with E-state index in [1.165, 1.54) is 0 Å². The first-order valence-electron chi connectivity index (χ1n) is 8.84. The van der Waals surface area contributed by atoms with Crippen molar-refractivity contribution < 1.29 is 14.3 Å². The van der Waals surface area contributed by atoms with Crippen molar-refractivity contribution in [1.82, 2.24) is 26.3 Å². The van der Waals surface area contributed by atoms with Gasteiger partial charge in [0.1, 0.15) is 5.75 Å². The molecule has 1 aliphatic rings. The van der Waals surface area contributed by atoms with Crippen LogP contribution in [0.4, 0.5) is 9.59 Å². The molecule has 2 aromatic rings. The number of hydrogen-bond acceptors (Lipinski definition) is 6. The van der Waals surface area contributed by atoms with Crippen molar-refractivity contribution in [2.45, 2.75) is 20.8 Å². The molecule has 0 unspecified atom stereocenters. The van der Waals surface area contributed by atoms with Crippen LogP contribution < -0.4 is 21.0 Å². The summed E-state index contributed by atoms with van der Waals surface area (Å²) < 4.78 is 5.76. The predicted octanol–water partition coefficient (Wildman–Crippen LogP) is 2.52. The van der Waals surface area contributed by atoms with Gasteiger partial charge >= 0.3 is 12.1 Å². The summed E-state index contributed by atoms with van der Waals surface area (Å²) in [6.07, 6.45) is 1.60. The third-order valence-electron chi connectivity index (χ3n) is 4.00. The summed E-state index contributed by atoms with van der Waals surface area (Å²) in [7, 11) is 0. The van der Waals surface area contributed by atoms with Gasteiger partial charge in [-0.3, -0.25) is 0 Å². The van der Waals surface area contributed by atoms with E-state index < -0.39 is 12.1 Å². The van der Waals surface area contributed by atoms with Crippen molar-refractivity contribution >= 4 is 23.5 Å². The van der Waals surface area contributed by atoms with Crippen molar-refractivity contribution in [3.63, 3.8) is 0 Å². The molecular weight excluding hydrogens is 374 g/mol. The molecular formula is C19H21N7O3. The second-order valence-electron chi connectivity index (χ2n) is 6.35. The van der Waals surface area contributed by atoms with Gasteiger partial charge in [0.2, 0.25) is 5.88 Å². The standard InChI is InChI=1S/C19H21N7O3/c1-12-6-4-5-7-16(12)29-17-9-8-15(10-20-17)14(3)22-23-18(27)25-26-11-13(2)21-24-19(26)28/h4-10H,11H2,1-3H3,(H,24,28)(H2,23,25,27)/b22-14+. The zero-order chi connectivity index (χ0) is 20.8. The van der Waals surface area contributed by atoms with Crippen LogP contribution in [0.25, 0.3) is 0 Å². The van der Waals surface area contributed by atoms with Crippen LogP contribution in [-0.2, 0) is 0 Å². The lowest BCUT2D eigenvalue weighted by molar-refractivity contribution is 0.173. The fourth-order valence-corrected chi connectivity index (χ4v) is 2.41. The van der Waals surface area contributed by atoms with Crippen LogP contribution in [0.3, 0.4) is 0 Å². The Morgan fingerprint density at radius 3 is 2.76 bits per heavy atom. The van der Waals surface area contributed by atoms with Gasteiger partial charge in [-0.1, -0.05) is 18.2 Å². The van der Waals surface area contributed by atoms with Crippen LogP contribution in [-0.4, -0.2) is 40.0 Å². The molecule has 0 radical (unpaired) electrons. The summed E-state index contributed by atoms with van der Waals surface area (Å²) >= 11 is 0. The molecule has 3 N–H and O–H groups in total. The lowest BCUT2D eigenvalue weighted by Crippen LogP contribution is -2.56. The second-order valence-corrected chi connectivity index (χ2v) is 6.35. The lowest BCUT2D eigenvalue weighted by atomic mass is 10.2. The third-order valence-corrected chi connectivity index (χ3v) is 4.00. The Morgan fingerprint density at radius 2 is 2.03 bits per heavy atom. The van der Waals surface area contributed by atoms with Gasteiger partial charge in [0.15, 0.2) is 0 Å². The van der Waals surface area contributed by atoms with E-state index in [-0.39, 0.29) is 6.54 Å². The topological polar surface area (TPSA) is 120 Å². The molecule has 29 heavy (non-hydrogen) atoms. The SMILES string of the molecule is CC1=NNC(=O)N(NC(=O)N/N=C(\C)c2ccc(Oc3ccccc3C)nc2)C1. The molecule has 0 saturated heterocycles. The van der Waals surface area contributed by atoms with Crippen molar-refractivity contribution in [3.05, 3.63) is 53.7 Å². The molecule has 150 valence electrons. The Labute approximate surface area is 167 Å². The Bertz CT molecular complexity index is 970. The molecule has 0 spiro atoms. The van der Waals surface area contributed by atoms with Gasteiger partial charge in [0.05, 0.1) is 18.0 Å². The molecule has 0 fully saturated rings. The molecule has 0 aliphatic carbocycles. The quantitative estimate of drug-likeness (QED) is 0.532. The number of hydrazone groups is 2. The van der Waals surface area contributed by atoms with E-state index in [0.717, 1.165) is 16.3 Å². The number of urea groups is 2. The number of hydrazine groups is 1. The minimum absolute atomic E-state index is 0.189. The highest BCUT2D eigenvalue weighted by atomic mass is 16.5. The summed E-state index contributed by atoms with van der Waals surface area (Å²) in [6, 6.07) is 9.99. The van der Waals surface area contributed by atoms with Crippen LogP contribution in [0, 0.1) is 6.92 Å². The molecule has 0 bridgehead atoms. The molecule has 1 aromatic carbocycles. The number of carbonyl (C=O) groups is 2. The zero-order valence-electron chi connectivity index (χ0n) is 16.3. The van der Waals surface area contributed by atoms with E-state index in [2.05, 4.69) is 31.5 Å². The van der Waals surface area contributed by atoms with Crippen molar-refractivity contribution in [1.29, 1.82) is 0 Å². The largest absolute Gasteiger partial charge is 0.439 e. The Morgan fingerprint density at radius 1 is 1.24 bits per heavy atom. The number of ether oxygens (including phenoxy) is 1. The summed E-state index contributed by atoms with van der Waals surface area (Å²) in [5, 5.41) is 8.90. The second kappa shape index (κ2) is 8.83. The molecule has 0 atom stereocenters. The van der Waals surface area contributed by atoms with Gasteiger partial charge in [0.25, 0.3) is 0 Å². The van der Waals surface area contributed by atoms with E-state index in [1.807, 2.05) is 31.2 Å². The first-order valence-corrected chi connectivity index (χ1v) is 8.84. The summed E-state index contributed by atoms with van der Waals surface area (Å²) in [4.78, 5) is 27.9. The summed E-state index contributed by atoms with van der Waals surface area (Å²) in [6.45, 7) is 5.60. The lowest BCUT2D eigenvalue weighted by Gasteiger charge is -2.25. The number of amides is 4. The number of aryl methyl sites for hydroxylation is 1. The first kappa shape index (κ1) is 19.8. The zero-order valence-corrected chi connectivity index (χ0v) is 16.3. The Kier molecular flexibility index (Phi) is 6.03. The number of nitrogens with one attached hydrogen (secondary N) is 3. The van der Waals surface area contributed by atoms with Gasteiger partial charge in [-0.05, 0) is 38.5 Å². The molecule has 10 nitrogen and oxygen atoms in total. The maximum atomic E-state index is 12.0. The maximum absolute atomic E-state index is 12.0. The molecule has 0 saturated carbocycles. The van der Waals surface area contributed by atoms with Crippen LogP contribution >= 0.6 is 0 Å². The summed E-state index contributed by atoms with van der Waals surface area (Å²) in [5.74, 6) is 1.19. The smallest absolute Gasteiger partial charge is 0.356 e. The van der Waals surface area contributed by atoms with Gasteiger partial charge < -0.3 is 4.74 Å². The normalized spacial score (nSPS) is 14.0. The number of para-hydroxylation sites is 1. The molecule has 1 aromatic heterocycles. The third kappa shape index (κ3) is 5.28. The number of pyridine rings is 1. The van der Waals surface area contributed by atoms with Gasteiger partial charge in [-0.25, -0.2) is 35.9 Å². The van der Waals surface area contributed by atoms with Crippen LogP contribution in [0.15, 0.2) is 52.8 Å². The molecule has 1 aliphatic heterocycles. The fourth-order valence-electron chi connectivity index (χ4n) is 2.41. The molecule has 3 rings (SSSR count). The van der Waals surface area contributed by atoms with E-state index in [9.17, 15) is 9.59 Å². The highest BCUT2D eigenvalue weighted by molar-refractivity contribution is 5.99. The number of nitrogens with zero attached hydrogens (tertiary/aromatic N) is 4. The van der Waals surface area contributed by atoms with Gasteiger partial charge in [-0.15, -0.1) is 0 Å². The van der Waals surface area contributed by atoms with E-state index in [1.54, 1.807) is 32.2 Å². The van der Waals surface area contributed by atoms with Crippen molar-refractivity contribution in [2.75, 3.05) is 6.54 Å². The van der Waals surface area contributed by atoms with Crippen molar-refractivity contribution in [2.24, 2.45) is 10.2 Å².